The molecule has 0 heterocycles. The second-order valence-corrected chi connectivity index (χ2v) is 5.65. The molecule has 6 heteroatoms. The van der Waals surface area contributed by atoms with Crippen molar-refractivity contribution in [2.24, 2.45) is 0 Å². The van der Waals surface area contributed by atoms with Gasteiger partial charge in [-0.15, -0.1) is 0 Å². The Balaban J connectivity index is 2.14. The zero-order valence-corrected chi connectivity index (χ0v) is 13.6. The minimum atomic E-state index is -0.481. The van der Waals surface area contributed by atoms with Crippen molar-refractivity contribution in [2.75, 3.05) is 0 Å². The maximum absolute atomic E-state index is 10.2. The topological polar surface area (TPSA) is 77.0 Å². The average molecular weight is 355 g/mol. The number of rotatable bonds is 2. The van der Waals surface area contributed by atoms with Gasteiger partial charge in [-0.3, -0.25) is 0 Å². The summed E-state index contributed by atoms with van der Waals surface area (Å²) in [4.78, 5) is 0. The van der Waals surface area contributed by atoms with Crippen LogP contribution in [0, 0.1) is 22.7 Å². The van der Waals surface area contributed by atoms with Gasteiger partial charge in [-0.25, -0.2) is 0 Å². The quantitative estimate of drug-likeness (QED) is 0.669. The van der Waals surface area contributed by atoms with Crippen molar-refractivity contribution >= 4 is 34.0 Å². The third-order valence-electron chi connectivity index (χ3n) is 3.48. The van der Waals surface area contributed by atoms with Gasteiger partial charge in [0.1, 0.15) is 27.9 Å². The fourth-order valence-corrected chi connectivity index (χ4v) is 2.79. The highest BCUT2D eigenvalue weighted by Gasteiger charge is 2.23. The molecular formula is C18H8Cl2N2O2. The van der Waals surface area contributed by atoms with Gasteiger partial charge in [-0.1, -0.05) is 53.5 Å². The summed E-state index contributed by atoms with van der Waals surface area (Å²) in [5, 5.41) is 30.0. The molecule has 0 saturated carbocycles. The lowest BCUT2D eigenvalue weighted by molar-refractivity contribution is 0.411. The Labute approximate surface area is 147 Å². The maximum atomic E-state index is 10.2. The third kappa shape index (κ3) is 2.59. The predicted octanol–water partition coefficient (Wildman–Crippen LogP) is 5.39. The third-order valence-corrected chi connectivity index (χ3v) is 4.20. The number of benzene rings is 3. The summed E-state index contributed by atoms with van der Waals surface area (Å²) in [6, 6.07) is 16.6. The summed E-state index contributed by atoms with van der Waals surface area (Å²) in [6.07, 6.45) is 0. The lowest BCUT2D eigenvalue weighted by atomic mass is 10.1. The fourth-order valence-electron chi connectivity index (χ4n) is 2.31. The lowest BCUT2D eigenvalue weighted by Crippen LogP contribution is -1.94. The minimum Gasteiger partial charge on any atom is -0.503 e. The highest BCUT2D eigenvalue weighted by molar-refractivity contribution is 6.37. The number of nitriles is 2. The largest absolute Gasteiger partial charge is 0.503 e. The molecule has 24 heavy (non-hydrogen) atoms. The zero-order valence-electron chi connectivity index (χ0n) is 12.0. The molecule has 0 bridgehead atoms. The molecular weight excluding hydrogens is 347 g/mol. The van der Waals surface area contributed by atoms with Crippen molar-refractivity contribution < 1.29 is 9.84 Å². The number of hydrogen-bond donors (Lipinski definition) is 1. The van der Waals surface area contributed by atoms with Gasteiger partial charge in [-0.2, -0.15) is 10.5 Å². The molecule has 0 radical (unpaired) electrons. The van der Waals surface area contributed by atoms with Crippen LogP contribution in [0.4, 0.5) is 0 Å². The number of phenols is 1. The number of ether oxygens (including phenoxy) is 1. The molecule has 0 aliphatic carbocycles. The van der Waals surface area contributed by atoms with Crippen LogP contribution in [-0.4, -0.2) is 5.11 Å². The van der Waals surface area contributed by atoms with Crippen molar-refractivity contribution in [3.8, 4) is 29.4 Å². The Morgan fingerprint density at radius 3 is 2.17 bits per heavy atom. The Hall–Kier alpha value is -2.92. The molecule has 0 unspecified atom stereocenters. The van der Waals surface area contributed by atoms with E-state index in [0.29, 0.717) is 5.75 Å². The summed E-state index contributed by atoms with van der Waals surface area (Å²) in [7, 11) is 0. The number of phenolic OH excluding ortho intramolecular Hbond substituents is 1. The second-order valence-electron chi connectivity index (χ2n) is 4.89. The van der Waals surface area contributed by atoms with E-state index in [2.05, 4.69) is 0 Å². The molecule has 3 rings (SSSR count). The van der Waals surface area contributed by atoms with Crippen LogP contribution in [0.2, 0.25) is 10.0 Å². The molecule has 0 amide bonds. The van der Waals surface area contributed by atoms with E-state index in [1.807, 2.05) is 36.4 Å². The van der Waals surface area contributed by atoms with Crippen LogP contribution in [0.25, 0.3) is 10.8 Å². The summed E-state index contributed by atoms with van der Waals surface area (Å²) in [5.41, 5.74) is -0.328. The molecule has 0 saturated heterocycles. The van der Waals surface area contributed by atoms with Crippen molar-refractivity contribution in [1.29, 1.82) is 10.5 Å². The summed E-state index contributed by atoms with van der Waals surface area (Å²) < 4.78 is 5.64. The van der Waals surface area contributed by atoms with E-state index < -0.39 is 5.75 Å². The van der Waals surface area contributed by atoms with Gasteiger partial charge >= 0.3 is 0 Å². The Bertz CT molecular complexity index is 1050. The first-order chi connectivity index (χ1) is 11.6. The van der Waals surface area contributed by atoms with Crippen LogP contribution in [-0.2, 0) is 0 Å². The molecule has 1 N–H and O–H groups in total. The smallest absolute Gasteiger partial charge is 0.190 e. The SMILES string of the molecule is N#Cc1c(Cl)c(O)c(Oc2ccc3ccccc3c2)c(Cl)c1C#N. The molecule has 4 nitrogen and oxygen atoms in total. The minimum absolute atomic E-state index is 0.141. The predicted molar refractivity (Wildman–Crippen MR) is 91.6 cm³/mol. The van der Waals surface area contributed by atoms with Gasteiger partial charge in [0.2, 0.25) is 0 Å². The summed E-state index contributed by atoms with van der Waals surface area (Å²) >= 11 is 12.1. The van der Waals surface area contributed by atoms with E-state index >= 15 is 0 Å². The maximum Gasteiger partial charge on any atom is 0.190 e. The zero-order chi connectivity index (χ0) is 17.3. The second kappa shape index (κ2) is 6.29. The lowest BCUT2D eigenvalue weighted by Gasteiger charge is -2.13. The van der Waals surface area contributed by atoms with Crippen LogP contribution in [0.1, 0.15) is 11.1 Å². The Morgan fingerprint density at radius 2 is 1.50 bits per heavy atom. The van der Waals surface area contributed by atoms with Crippen molar-refractivity contribution in [3.63, 3.8) is 0 Å². The van der Waals surface area contributed by atoms with E-state index in [9.17, 15) is 10.4 Å². The molecule has 0 aliphatic rings. The van der Waals surface area contributed by atoms with Crippen molar-refractivity contribution in [3.05, 3.63) is 63.6 Å². The number of hydrogen-bond acceptors (Lipinski definition) is 4. The van der Waals surface area contributed by atoms with Gasteiger partial charge in [0.05, 0.1) is 11.1 Å². The van der Waals surface area contributed by atoms with E-state index in [-0.39, 0.29) is 26.9 Å². The Kier molecular flexibility index (Phi) is 4.18. The molecule has 0 aromatic heterocycles. The van der Waals surface area contributed by atoms with Crippen molar-refractivity contribution in [1.82, 2.24) is 0 Å². The van der Waals surface area contributed by atoms with Crippen LogP contribution in [0.3, 0.4) is 0 Å². The molecule has 3 aromatic rings. The van der Waals surface area contributed by atoms with E-state index in [0.717, 1.165) is 10.8 Å². The monoisotopic (exact) mass is 354 g/mol. The van der Waals surface area contributed by atoms with Crippen LogP contribution >= 0.6 is 23.2 Å². The van der Waals surface area contributed by atoms with Gasteiger partial charge in [0.15, 0.2) is 11.5 Å². The first kappa shape index (κ1) is 16.0. The number of nitrogens with zero attached hydrogens (tertiary/aromatic N) is 2. The fraction of sp³-hybridized carbons (Fsp3) is 0. The van der Waals surface area contributed by atoms with Crippen LogP contribution < -0.4 is 4.74 Å². The molecule has 0 aliphatic heterocycles. The van der Waals surface area contributed by atoms with E-state index in [1.165, 1.54) is 0 Å². The van der Waals surface area contributed by atoms with Gasteiger partial charge < -0.3 is 9.84 Å². The van der Waals surface area contributed by atoms with Crippen LogP contribution in [0.5, 0.6) is 17.2 Å². The summed E-state index contributed by atoms with van der Waals surface area (Å²) in [6.45, 7) is 0. The first-order valence-corrected chi connectivity index (χ1v) is 7.53. The van der Waals surface area contributed by atoms with E-state index in [4.69, 9.17) is 33.2 Å². The number of fused-ring (bicyclic) bond motifs is 1. The molecule has 116 valence electrons. The number of aromatic hydroxyl groups is 1. The average Bonchev–Trinajstić information content (AvgIpc) is 2.61. The van der Waals surface area contributed by atoms with Gasteiger partial charge in [0, 0.05) is 0 Å². The highest BCUT2D eigenvalue weighted by atomic mass is 35.5. The standard InChI is InChI=1S/C18H8Cl2N2O2/c19-15-13(8-21)14(9-22)16(20)18(17(15)23)24-12-6-5-10-3-1-2-4-11(10)7-12/h1-7,23H. The highest BCUT2D eigenvalue weighted by Crippen LogP contribution is 2.46. The molecule has 3 aromatic carbocycles. The normalized spacial score (nSPS) is 10.2. The number of halogens is 2. The summed E-state index contributed by atoms with van der Waals surface area (Å²) in [5.74, 6) is -0.228. The Morgan fingerprint density at radius 1 is 0.875 bits per heavy atom. The van der Waals surface area contributed by atoms with Gasteiger partial charge in [0.25, 0.3) is 0 Å². The van der Waals surface area contributed by atoms with Gasteiger partial charge in [-0.05, 0) is 22.9 Å². The van der Waals surface area contributed by atoms with Crippen molar-refractivity contribution in [2.45, 2.75) is 0 Å². The first-order valence-electron chi connectivity index (χ1n) is 6.77. The molecule has 0 fully saturated rings. The van der Waals surface area contributed by atoms with E-state index in [1.54, 1.807) is 18.2 Å². The molecule has 0 atom stereocenters. The van der Waals surface area contributed by atoms with Crippen LogP contribution in [0.15, 0.2) is 42.5 Å². The molecule has 0 spiro atoms.